The van der Waals surface area contributed by atoms with Crippen LogP contribution in [0.2, 0.25) is 0 Å². The van der Waals surface area contributed by atoms with Crippen molar-refractivity contribution >= 4 is 5.91 Å². The number of aryl methyl sites for hydroxylation is 1. The molecule has 2 aromatic heterocycles. The van der Waals surface area contributed by atoms with Crippen LogP contribution in [0.1, 0.15) is 57.2 Å². The molecule has 2 aliphatic rings. The molecule has 5 heteroatoms. The fourth-order valence-electron chi connectivity index (χ4n) is 4.69. The van der Waals surface area contributed by atoms with Crippen molar-refractivity contribution in [1.82, 2.24) is 19.4 Å². The molecule has 0 spiro atoms. The van der Waals surface area contributed by atoms with Gasteiger partial charge in [-0.15, -0.1) is 0 Å². The molecule has 1 saturated carbocycles. The van der Waals surface area contributed by atoms with Crippen molar-refractivity contribution in [3.63, 3.8) is 0 Å². The molecule has 1 atom stereocenters. The number of rotatable bonds is 3. The highest BCUT2D eigenvalue weighted by atomic mass is 16.2. The number of nitrogens with zero attached hydrogens (tertiary/aromatic N) is 4. The van der Waals surface area contributed by atoms with E-state index in [0.717, 1.165) is 49.4 Å². The van der Waals surface area contributed by atoms with Crippen molar-refractivity contribution in [2.45, 2.75) is 58.4 Å². The third-order valence-corrected chi connectivity index (χ3v) is 6.21. The molecule has 2 aromatic rings. The molecule has 2 fully saturated rings. The highest BCUT2D eigenvalue weighted by Crippen LogP contribution is 2.39. The Morgan fingerprint density at radius 2 is 1.92 bits per heavy atom. The first-order valence-corrected chi connectivity index (χ1v) is 9.82. The summed E-state index contributed by atoms with van der Waals surface area (Å²) in [7, 11) is 0. The Hall–Kier alpha value is -2.17. The summed E-state index contributed by atoms with van der Waals surface area (Å²) in [5.74, 6) is 1.34. The lowest BCUT2D eigenvalue weighted by molar-refractivity contribution is -0.142. The van der Waals surface area contributed by atoms with Gasteiger partial charge in [0, 0.05) is 48.4 Å². The molecule has 0 bridgehead atoms. The number of aromatic nitrogens is 3. The molecule has 0 aromatic carbocycles. The van der Waals surface area contributed by atoms with Crippen LogP contribution in [0.15, 0.2) is 30.7 Å². The normalized spacial score (nSPS) is 22.5. The maximum absolute atomic E-state index is 13.2. The fourth-order valence-corrected chi connectivity index (χ4v) is 4.69. The highest BCUT2D eigenvalue weighted by molar-refractivity contribution is 5.82. The first-order chi connectivity index (χ1) is 12.6. The van der Waals surface area contributed by atoms with E-state index < -0.39 is 0 Å². The molecule has 0 N–H and O–H groups in total. The van der Waals surface area contributed by atoms with Crippen LogP contribution in [-0.4, -0.2) is 38.4 Å². The van der Waals surface area contributed by atoms with Crippen LogP contribution in [0.5, 0.6) is 0 Å². The number of carbonyl (C=O) groups excluding carboxylic acids is 1. The summed E-state index contributed by atoms with van der Waals surface area (Å²) in [6.45, 7) is 5.92. The Bertz CT molecular complexity index is 777. The molecule has 5 nitrogen and oxygen atoms in total. The molecule has 138 valence electrons. The molecular weight excluding hydrogens is 324 g/mol. The Balaban J connectivity index is 1.55. The van der Waals surface area contributed by atoms with Gasteiger partial charge in [-0.3, -0.25) is 9.78 Å². The highest BCUT2D eigenvalue weighted by Gasteiger charge is 2.40. The van der Waals surface area contributed by atoms with Gasteiger partial charge in [-0.1, -0.05) is 26.2 Å². The zero-order chi connectivity index (χ0) is 18.1. The van der Waals surface area contributed by atoms with Crippen molar-refractivity contribution in [3.05, 3.63) is 36.4 Å². The number of amides is 1. The van der Waals surface area contributed by atoms with Gasteiger partial charge in [-0.2, -0.15) is 0 Å². The summed E-state index contributed by atoms with van der Waals surface area (Å²) in [6, 6.07) is 4.30. The topological polar surface area (TPSA) is 51.0 Å². The molecular formula is C21H28N4O. The predicted molar refractivity (Wildman–Crippen MR) is 102 cm³/mol. The van der Waals surface area contributed by atoms with Crippen LogP contribution in [0.3, 0.4) is 0 Å². The third-order valence-electron chi connectivity index (χ3n) is 6.21. The molecule has 0 radical (unpaired) electrons. The second-order valence-corrected chi connectivity index (χ2v) is 8.14. The average molecular weight is 352 g/mol. The minimum absolute atomic E-state index is 0.148. The first-order valence-electron chi connectivity index (χ1n) is 9.82. The van der Waals surface area contributed by atoms with E-state index in [1.165, 1.54) is 19.3 Å². The second kappa shape index (κ2) is 6.86. The van der Waals surface area contributed by atoms with Gasteiger partial charge in [-0.05, 0) is 38.3 Å². The van der Waals surface area contributed by atoms with E-state index in [1.54, 1.807) is 12.4 Å². The Morgan fingerprint density at radius 1 is 1.19 bits per heavy atom. The minimum Gasteiger partial charge on any atom is -0.340 e. The lowest BCUT2D eigenvalue weighted by Crippen LogP contribution is -2.42. The SMILES string of the molecule is Cc1cnc(-c2ccncc2)n1C1CCN(C(=O)C2(C)CCCCC2)C1. The van der Waals surface area contributed by atoms with E-state index in [9.17, 15) is 4.79 Å². The molecule has 4 rings (SSSR count). The van der Waals surface area contributed by atoms with Crippen molar-refractivity contribution in [2.75, 3.05) is 13.1 Å². The number of likely N-dealkylation sites (tertiary alicyclic amines) is 1. The van der Waals surface area contributed by atoms with E-state index in [4.69, 9.17) is 0 Å². The van der Waals surface area contributed by atoms with Crippen molar-refractivity contribution < 1.29 is 4.79 Å². The van der Waals surface area contributed by atoms with Crippen molar-refractivity contribution in [2.24, 2.45) is 5.41 Å². The van der Waals surface area contributed by atoms with Gasteiger partial charge in [0.15, 0.2) is 0 Å². The molecule has 3 heterocycles. The zero-order valence-corrected chi connectivity index (χ0v) is 15.8. The van der Waals surface area contributed by atoms with Gasteiger partial charge in [0.05, 0.1) is 6.04 Å². The molecule has 1 unspecified atom stereocenters. The lowest BCUT2D eigenvalue weighted by Gasteiger charge is -2.35. The molecule has 26 heavy (non-hydrogen) atoms. The number of imidazole rings is 1. The van der Waals surface area contributed by atoms with E-state index in [0.29, 0.717) is 11.9 Å². The van der Waals surface area contributed by atoms with Gasteiger partial charge in [0.2, 0.25) is 5.91 Å². The van der Waals surface area contributed by atoms with Crippen molar-refractivity contribution in [3.8, 4) is 11.4 Å². The van der Waals surface area contributed by atoms with Crippen LogP contribution in [-0.2, 0) is 4.79 Å². The average Bonchev–Trinajstić information content (AvgIpc) is 3.29. The lowest BCUT2D eigenvalue weighted by atomic mass is 9.75. The number of hydrogen-bond acceptors (Lipinski definition) is 3. The molecule has 1 aliphatic carbocycles. The predicted octanol–water partition coefficient (Wildman–Crippen LogP) is 4.00. The van der Waals surface area contributed by atoms with E-state index in [1.807, 2.05) is 18.3 Å². The molecule has 1 aliphatic heterocycles. The summed E-state index contributed by atoms with van der Waals surface area (Å²) in [6.07, 6.45) is 12.3. The van der Waals surface area contributed by atoms with Crippen LogP contribution in [0.4, 0.5) is 0 Å². The summed E-state index contributed by atoms with van der Waals surface area (Å²) in [4.78, 5) is 24.0. The van der Waals surface area contributed by atoms with Gasteiger partial charge in [0.1, 0.15) is 5.82 Å². The smallest absolute Gasteiger partial charge is 0.228 e. The number of pyridine rings is 1. The second-order valence-electron chi connectivity index (χ2n) is 8.14. The minimum atomic E-state index is -0.148. The largest absolute Gasteiger partial charge is 0.340 e. The van der Waals surface area contributed by atoms with Gasteiger partial charge in [0.25, 0.3) is 0 Å². The quantitative estimate of drug-likeness (QED) is 0.839. The summed E-state index contributed by atoms with van der Waals surface area (Å²) < 4.78 is 2.31. The number of carbonyl (C=O) groups is 1. The molecule has 1 saturated heterocycles. The number of hydrogen-bond donors (Lipinski definition) is 0. The van der Waals surface area contributed by atoms with Crippen molar-refractivity contribution in [1.29, 1.82) is 0 Å². The van der Waals surface area contributed by atoms with E-state index >= 15 is 0 Å². The Labute approximate surface area is 155 Å². The van der Waals surface area contributed by atoms with Gasteiger partial charge in [-0.25, -0.2) is 4.98 Å². The van der Waals surface area contributed by atoms with E-state index in [2.05, 4.69) is 33.3 Å². The van der Waals surface area contributed by atoms with Crippen LogP contribution < -0.4 is 0 Å². The monoisotopic (exact) mass is 352 g/mol. The van der Waals surface area contributed by atoms with Gasteiger partial charge >= 0.3 is 0 Å². The first kappa shape index (κ1) is 17.3. The van der Waals surface area contributed by atoms with Crippen LogP contribution in [0, 0.1) is 12.3 Å². The van der Waals surface area contributed by atoms with E-state index in [-0.39, 0.29) is 5.41 Å². The standard InChI is InChI=1S/C21H28N4O/c1-16-14-23-19(17-6-11-22-12-7-17)25(16)18-8-13-24(15-18)20(26)21(2)9-4-3-5-10-21/h6-7,11-12,14,18H,3-5,8-10,13,15H2,1-2H3. The summed E-state index contributed by atoms with van der Waals surface area (Å²) in [5.41, 5.74) is 2.09. The fraction of sp³-hybridized carbons (Fsp3) is 0.571. The third kappa shape index (κ3) is 3.04. The zero-order valence-electron chi connectivity index (χ0n) is 15.8. The summed E-state index contributed by atoms with van der Waals surface area (Å²) in [5, 5.41) is 0. The Kier molecular flexibility index (Phi) is 4.55. The Morgan fingerprint density at radius 3 is 2.65 bits per heavy atom. The maximum atomic E-state index is 13.2. The van der Waals surface area contributed by atoms with Crippen LogP contribution in [0.25, 0.3) is 11.4 Å². The molecule has 1 amide bonds. The maximum Gasteiger partial charge on any atom is 0.228 e. The van der Waals surface area contributed by atoms with Crippen LogP contribution >= 0.6 is 0 Å². The van der Waals surface area contributed by atoms with Gasteiger partial charge < -0.3 is 9.47 Å². The summed E-state index contributed by atoms with van der Waals surface area (Å²) >= 11 is 0.